The fraction of sp³-hybridized carbons (Fsp3) is 0.733. The van der Waals surface area contributed by atoms with Crippen LogP contribution < -0.4 is 5.32 Å². The average Bonchev–Trinajstić information content (AvgIpc) is 2.98. The van der Waals surface area contributed by atoms with Crippen molar-refractivity contribution in [2.75, 3.05) is 13.1 Å². The van der Waals surface area contributed by atoms with E-state index in [1.54, 1.807) is 13.8 Å². The number of sulfonamides is 1. The topological polar surface area (TPSA) is 84.3 Å². The Hall–Kier alpha value is -1.41. The van der Waals surface area contributed by atoms with Crippen LogP contribution in [-0.2, 0) is 21.4 Å². The van der Waals surface area contributed by atoms with Gasteiger partial charge in [-0.3, -0.25) is 4.79 Å². The molecule has 8 heteroatoms. The summed E-state index contributed by atoms with van der Waals surface area (Å²) in [5, 5.41) is 3.01. The standard InChI is InChI=1S/C15H26N4O3S/c1-3-19(4-2)23(21,22)15-11-18(12-16-15)10-14(20)17-13-8-6-5-7-9-13/h11-13H,3-10H2,1-2H3,(H,17,20). The van der Waals surface area contributed by atoms with Crippen LogP contribution in [0.4, 0.5) is 0 Å². The van der Waals surface area contributed by atoms with E-state index in [-0.39, 0.29) is 23.5 Å². The number of amides is 1. The van der Waals surface area contributed by atoms with Gasteiger partial charge < -0.3 is 9.88 Å². The van der Waals surface area contributed by atoms with Crippen LogP contribution in [0.3, 0.4) is 0 Å². The monoisotopic (exact) mass is 342 g/mol. The van der Waals surface area contributed by atoms with E-state index in [4.69, 9.17) is 0 Å². The molecule has 2 rings (SSSR count). The Balaban J connectivity index is 1.97. The van der Waals surface area contributed by atoms with Gasteiger partial charge in [-0.2, -0.15) is 4.31 Å². The number of imidazole rings is 1. The normalized spacial score (nSPS) is 16.7. The zero-order valence-corrected chi connectivity index (χ0v) is 14.7. The summed E-state index contributed by atoms with van der Waals surface area (Å²) in [6, 6.07) is 0.249. The molecule has 0 unspecified atom stereocenters. The van der Waals surface area contributed by atoms with Crippen molar-refractivity contribution in [3.8, 4) is 0 Å². The maximum Gasteiger partial charge on any atom is 0.262 e. The zero-order chi connectivity index (χ0) is 16.9. The van der Waals surface area contributed by atoms with Crippen molar-refractivity contribution in [3.63, 3.8) is 0 Å². The second kappa shape index (κ2) is 7.92. The number of carbonyl (C=O) groups is 1. The van der Waals surface area contributed by atoms with Crippen molar-refractivity contribution in [2.45, 2.75) is 63.6 Å². The highest BCUT2D eigenvalue weighted by atomic mass is 32.2. The highest BCUT2D eigenvalue weighted by Crippen LogP contribution is 2.17. The molecule has 1 fully saturated rings. The Morgan fingerprint density at radius 2 is 1.96 bits per heavy atom. The van der Waals surface area contributed by atoms with Gasteiger partial charge >= 0.3 is 0 Å². The van der Waals surface area contributed by atoms with Crippen LogP contribution in [0, 0.1) is 0 Å². The van der Waals surface area contributed by atoms with E-state index in [1.165, 1.54) is 27.8 Å². The van der Waals surface area contributed by atoms with E-state index >= 15 is 0 Å². The largest absolute Gasteiger partial charge is 0.352 e. The molecule has 1 aliphatic carbocycles. The fourth-order valence-corrected chi connectivity index (χ4v) is 4.33. The van der Waals surface area contributed by atoms with Gasteiger partial charge in [-0.25, -0.2) is 13.4 Å². The summed E-state index contributed by atoms with van der Waals surface area (Å²) < 4.78 is 27.6. The van der Waals surface area contributed by atoms with Crippen molar-refractivity contribution >= 4 is 15.9 Å². The molecule has 0 saturated heterocycles. The first-order chi connectivity index (χ1) is 11.0. The number of hydrogen-bond acceptors (Lipinski definition) is 4. The molecule has 1 heterocycles. The lowest BCUT2D eigenvalue weighted by molar-refractivity contribution is -0.122. The van der Waals surface area contributed by atoms with Crippen molar-refractivity contribution in [1.29, 1.82) is 0 Å². The van der Waals surface area contributed by atoms with Crippen molar-refractivity contribution in [1.82, 2.24) is 19.2 Å². The van der Waals surface area contributed by atoms with E-state index in [9.17, 15) is 13.2 Å². The highest BCUT2D eigenvalue weighted by Gasteiger charge is 2.24. The van der Waals surface area contributed by atoms with Crippen molar-refractivity contribution < 1.29 is 13.2 Å². The zero-order valence-electron chi connectivity index (χ0n) is 13.9. The van der Waals surface area contributed by atoms with Crippen LogP contribution >= 0.6 is 0 Å². The lowest BCUT2D eigenvalue weighted by Gasteiger charge is -2.22. The van der Waals surface area contributed by atoms with Crippen LogP contribution in [0.2, 0.25) is 0 Å². The van der Waals surface area contributed by atoms with Gasteiger partial charge in [0.1, 0.15) is 6.54 Å². The summed E-state index contributed by atoms with van der Waals surface area (Å²) >= 11 is 0. The maximum absolute atomic E-state index is 12.4. The third-order valence-corrected chi connectivity index (χ3v) is 6.15. The summed E-state index contributed by atoms with van der Waals surface area (Å²) in [6.07, 6.45) is 8.42. The van der Waals surface area contributed by atoms with E-state index in [2.05, 4.69) is 10.3 Å². The van der Waals surface area contributed by atoms with Crippen LogP contribution in [0.15, 0.2) is 17.6 Å². The number of aromatic nitrogens is 2. The molecule has 7 nitrogen and oxygen atoms in total. The summed E-state index contributed by atoms with van der Waals surface area (Å²) in [5.74, 6) is -0.0962. The molecule has 0 spiro atoms. The summed E-state index contributed by atoms with van der Waals surface area (Å²) in [6.45, 7) is 4.46. The van der Waals surface area contributed by atoms with Gasteiger partial charge in [0, 0.05) is 25.3 Å². The van der Waals surface area contributed by atoms with Gasteiger partial charge in [-0.05, 0) is 12.8 Å². The molecule has 1 saturated carbocycles. The molecule has 1 aliphatic rings. The van der Waals surface area contributed by atoms with Crippen LogP contribution in [0.5, 0.6) is 0 Å². The molecule has 1 aromatic rings. The summed E-state index contributed by atoms with van der Waals surface area (Å²) in [5.41, 5.74) is 0. The first kappa shape index (κ1) is 17.9. The minimum absolute atomic E-state index is 0.00772. The SMILES string of the molecule is CCN(CC)S(=O)(=O)c1cn(CC(=O)NC2CCCCC2)cn1. The van der Waals surface area contributed by atoms with Gasteiger partial charge in [0.25, 0.3) is 10.0 Å². The van der Waals surface area contributed by atoms with E-state index in [0.717, 1.165) is 25.7 Å². The lowest BCUT2D eigenvalue weighted by atomic mass is 9.95. The number of hydrogen-bond donors (Lipinski definition) is 1. The van der Waals surface area contributed by atoms with Gasteiger partial charge in [0.05, 0.1) is 6.33 Å². The molecular formula is C15H26N4O3S. The van der Waals surface area contributed by atoms with Crippen LogP contribution in [-0.4, -0.2) is 47.3 Å². The molecule has 130 valence electrons. The van der Waals surface area contributed by atoms with Crippen LogP contribution in [0.1, 0.15) is 46.0 Å². The van der Waals surface area contributed by atoms with E-state index < -0.39 is 10.0 Å². The molecule has 1 amide bonds. The third-order valence-electron chi connectivity index (χ3n) is 4.22. The molecule has 0 bridgehead atoms. The Kier molecular flexibility index (Phi) is 6.17. The summed E-state index contributed by atoms with van der Waals surface area (Å²) in [7, 11) is -3.57. The number of rotatable bonds is 7. The molecule has 1 N–H and O–H groups in total. The van der Waals surface area contributed by atoms with Gasteiger partial charge in [-0.1, -0.05) is 33.1 Å². The van der Waals surface area contributed by atoms with Gasteiger partial charge in [-0.15, -0.1) is 0 Å². The van der Waals surface area contributed by atoms with Crippen molar-refractivity contribution in [3.05, 3.63) is 12.5 Å². The minimum Gasteiger partial charge on any atom is -0.352 e. The molecule has 0 aliphatic heterocycles. The second-order valence-electron chi connectivity index (χ2n) is 5.88. The first-order valence-electron chi connectivity index (χ1n) is 8.28. The van der Waals surface area contributed by atoms with Gasteiger partial charge in [0.15, 0.2) is 5.03 Å². The lowest BCUT2D eigenvalue weighted by Crippen LogP contribution is -2.38. The minimum atomic E-state index is -3.57. The Labute approximate surface area is 138 Å². The predicted octanol–water partition coefficient (Wildman–Crippen LogP) is 1.36. The molecule has 23 heavy (non-hydrogen) atoms. The molecular weight excluding hydrogens is 316 g/mol. The average molecular weight is 342 g/mol. The smallest absolute Gasteiger partial charge is 0.262 e. The quantitative estimate of drug-likeness (QED) is 0.811. The van der Waals surface area contributed by atoms with Gasteiger partial charge in [0.2, 0.25) is 5.91 Å². The maximum atomic E-state index is 12.4. The molecule has 0 radical (unpaired) electrons. The molecule has 1 aromatic heterocycles. The fourth-order valence-electron chi connectivity index (χ4n) is 2.94. The Morgan fingerprint density at radius 3 is 2.57 bits per heavy atom. The number of nitrogens with one attached hydrogen (secondary N) is 1. The predicted molar refractivity (Wildman–Crippen MR) is 87.3 cm³/mol. The van der Waals surface area contributed by atoms with E-state index in [0.29, 0.717) is 13.1 Å². The summed E-state index contributed by atoms with van der Waals surface area (Å²) in [4.78, 5) is 16.0. The number of carbonyl (C=O) groups excluding carboxylic acids is 1. The first-order valence-corrected chi connectivity index (χ1v) is 9.72. The Bertz CT molecular complexity index is 616. The van der Waals surface area contributed by atoms with Crippen molar-refractivity contribution in [2.24, 2.45) is 0 Å². The number of nitrogens with zero attached hydrogens (tertiary/aromatic N) is 3. The Morgan fingerprint density at radius 1 is 1.30 bits per heavy atom. The second-order valence-corrected chi connectivity index (χ2v) is 7.76. The third kappa shape index (κ3) is 4.54. The van der Waals surface area contributed by atoms with E-state index in [1.807, 2.05) is 0 Å². The highest BCUT2D eigenvalue weighted by molar-refractivity contribution is 7.89. The van der Waals surface area contributed by atoms with Crippen LogP contribution in [0.25, 0.3) is 0 Å². The molecule has 0 atom stereocenters. The molecule has 0 aromatic carbocycles.